The van der Waals surface area contributed by atoms with Gasteiger partial charge in [0.05, 0.1) is 12.2 Å². The molecule has 2 aliphatic rings. The molecule has 21 heavy (non-hydrogen) atoms. The fourth-order valence-corrected chi connectivity index (χ4v) is 2.95. The van der Waals surface area contributed by atoms with Gasteiger partial charge in [-0.25, -0.2) is 0 Å². The van der Waals surface area contributed by atoms with Crippen LogP contribution in [-0.2, 0) is 4.79 Å². The molecule has 1 aromatic carbocycles. The zero-order valence-corrected chi connectivity index (χ0v) is 12.8. The molecule has 5 nitrogen and oxygen atoms in total. The van der Waals surface area contributed by atoms with Crippen LogP contribution in [0.1, 0.15) is 25.7 Å². The largest absolute Gasteiger partial charge is 0.489 e. The summed E-state index contributed by atoms with van der Waals surface area (Å²) < 4.78 is 5.71. The van der Waals surface area contributed by atoms with E-state index in [4.69, 9.17) is 10.5 Å². The summed E-state index contributed by atoms with van der Waals surface area (Å²) in [5.74, 6) is 0.889. The van der Waals surface area contributed by atoms with Gasteiger partial charge in [0, 0.05) is 37.8 Å². The van der Waals surface area contributed by atoms with Gasteiger partial charge in [-0.2, -0.15) is 0 Å². The monoisotopic (exact) mass is 289 g/mol. The highest BCUT2D eigenvalue weighted by atomic mass is 16.5. The van der Waals surface area contributed by atoms with Crippen molar-refractivity contribution in [3.05, 3.63) is 18.2 Å². The molecule has 1 aliphatic heterocycles. The molecular formula is C16H23N3O2. The van der Waals surface area contributed by atoms with E-state index in [-0.39, 0.29) is 11.4 Å². The lowest BCUT2D eigenvalue weighted by atomic mass is 9.75. The van der Waals surface area contributed by atoms with Gasteiger partial charge in [0.15, 0.2) is 0 Å². The Hall–Kier alpha value is -1.75. The molecule has 3 rings (SSSR count). The fraction of sp³-hybridized carbons (Fsp3) is 0.562. The van der Waals surface area contributed by atoms with Crippen LogP contribution in [0.2, 0.25) is 0 Å². The van der Waals surface area contributed by atoms with Gasteiger partial charge in [0.25, 0.3) is 0 Å². The van der Waals surface area contributed by atoms with E-state index in [0.29, 0.717) is 19.6 Å². The molecule has 0 saturated heterocycles. The molecule has 114 valence electrons. The molecule has 1 aliphatic carbocycles. The second-order valence-corrected chi connectivity index (χ2v) is 6.33. The topological polar surface area (TPSA) is 58.8 Å². The Bertz CT molecular complexity index is 552. The van der Waals surface area contributed by atoms with Crippen molar-refractivity contribution in [2.45, 2.75) is 31.2 Å². The third-order valence-electron chi connectivity index (χ3n) is 4.48. The van der Waals surface area contributed by atoms with E-state index in [9.17, 15) is 4.79 Å². The number of rotatable bonds is 3. The van der Waals surface area contributed by atoms with Crippen LogP contribution in [-0.4, -0.2) is 38.7 Å². The van der Waals surface area contributed by atoms with Crippen LogP contribution >= 0.6 is 0 Å². The normalized spacial score (nSPS) is 19.3. The predicted octanol–water partition coefficient (Wildman–Crippen LogP) is 1.75. The summed E-state index contributed by atoms with van der Waals surface area (Å²) in [4.78, 5) is 16.4. The number of fused-ring (bicyclic) bond motifs is 1. The number of ether oxygens (including phenoxy) is 1. The van der Waals surface area contributed by atoms with Crippen molar-refractivity contribution in [3.8, 4) is 5.75 Å². The molecule has 1 saturated carbocycles. The van der Waals surface area contributed by atoms with E-state index in [2.05, 4.69) is 0 Å². The smallest absolute Gasteiger partial charge is 0.229 e. The highest BCUT2D eigenvalue weighted by Gasteiger charge is 2.37. The molecule has 0 aromatic heterocycles. The minimum Gasteiger partial charge on any atom is -0.489 e. The van der Waals surface area contributed by atoms with E-state index in [1.54, 1.807) is 0 Å². The highest BCUT2D eigenvalue weighted by Crippen LogP contribution is 2.37. The van der Waals surface area contributed by atoms with Crippen LogP contribution in [0.3, 0.4) is 0 Å². The Balaban J connectivity index is 1.81. The number of carbonyl (C=O) groups excluding carboxylic acids is 1. The highest BCUT2D eigenvalue weighted by molar-refractivity contribution is 5.96. The lowest BCUT2D eigenvalue weighted by Gasteiger charge is -2.39. The zero-order chi connectivity index (χ0) is 15.0. The van der Waals surface area contributed by atoms with Gasteiger partial charge in [0.1, 0.15) is 12.4 Å². The first-order chi connectivity index (χ1) is 9.98. The summed E-state index contributed by atoms with van der Waals surface area (Å²) >= 11 is 0. The summed E-state index contributed by atoms with van der Waals surface area (Å²) in [7, 11) is 3.98. The average molecular weight is 289 g/mol. The van der Waals surface area contributed by atoms with Crippen molar-refractivity contribution in [2.24, 2.45) is 5.73 Å². The van der Waals surface area contributed by atoms with Crippen molar-refractivity contribution in [1.29, 1.82) is 0 Å². The van der Waals surface area contributed by atoms with Gasteiger partial charge >= 0.3 is 0 Å². The molecule has 0 atom stereocenters. The van der Waals surface area contributed by atoms with Crippen LogP contribution in [0, 0.1) is 0 Å². The molecule has 2 N–H and O–H groups in total. The minimum absolute atomic E-state index is 0.111. The summed E-state index contributed by atoms with van der Waals surface area (Å²) in [6.45, 7) is 1.14. The zero-order valence-electron chi connectivity index (χ0n) is 12.8. The van der Waals surface area contributed by atoms with Crippen LogP contribution in [0.25, 0.3) is 0 Å². The summed E-state index contributed by atoms with van der Waals surface area (Å²) in [5, 5.41) is 0. The standard InChI is InChI=1S/C16H23N3O2/c1-18(2)12-4-5-13-14(10-12)21-9-8-19(13)15(20)11-16(17)6-3-7-16/h4-5,10H,3,6-9,11,17H2,1-2H3. The number of carbonyl (C=O) groups is 1. The quantitative estimate of drug-likeness (QED) is 0.921. The van der Waals surface area contributed by atoms with Crippen molar-refractivity contribution in [1.82, 2.24) is 0 Å². The lowest BCUT2D eigenvalue weighted by molar-refractivity contribution is -0.120. The van der Waals surface area contributed by atoms with Gasteiger partial charge < -0.3 is 20.3 Å². The van der Waals surface area contributed by atoms with Gasteiger partial charge in [-0.05, 0) is 31.4 Å². The number of amides is 1. The Morgan fingerprint density at radius 2 is 2.19 bits per heavy atom. The third kappa shape index (κ3) is 2.70. The SMILES string of the molecule is CN(C)c1ccc2c(c1)OCCN2C(=O)CC1(N)CCC1. The van der Waals surface area contributed by atoms with Crippen molar-refractivity contribution < 1.29 is 9.53 Å². The van der Waals surface area contributed by atoms with Crippen LogP contribution in [0.4, 0.5) is 11.4 Å². The molecule has 1 fully saturated rings. The van der Waals surface area contributed by atoms with E-state index in [0.717, 1.165) is 36.4 Å². The number of nitrogens with zero attached hydrogens (tertiary/aromatic N) is 2. The predicted molar refractivity (Wildman–Crippen MR) is 84.0 cm³/mol. The second-order valence-electron chi connectivity index (χ2n) is 6.33. The molecule has 1 heterocycles. The molecular weight excluding hydrogens is 266 g/mol. The van der Waals surface area contributed by atoms with Gasteiger partial charge in [-0.15, -0.1) is 0 Å². The minimum atomic E-state index is -0.279. The Morgan fingerprint density at radius 3 is 2.81 bits per heavy atom. The number of anilines is 2. The lowest BCUT2D eigenvalue weighted by Crippen LogP contribution is -2.51. The molecule has 1 aromatic rings. The van der Waals surface area contributed by atoms with E-state index in [1.165, 1.54) is 0 Å². The molecule has 0 bridgehead atoms. The maximum absolute atomic E-state index is 12.6. The first-order valence-electron chi connectivity index (χ1n) is 7.52. The molecule has 0 radical (unpaired) electrons. The first kappa shape index (κ1) is 14.2. The summed E-state index contributed by atoms with van der Waals surface area (Å²) in [5.41, 5.74) is 7.86. The van der Waals surface area contributed by atoms with Crippen molar-refractivity contribution >= 4 is 17.3 Å². The number of hydrogen-bond donors (Lipinski definition) is 1. The second kappa shape index (κ2) is 5.22. The maximum atomic E-state index is 12.6. The Labute approximate surface area is 125 Å². The summed E-state index contributed by atoms with van der Waals surface area (Å²) in [6.07, 6.45) is 3.47. The Morgan fingerprint density at radius 1 is 1.43 bits per heavy atom. The third-order valence-corrected chi connectivity index (χ3v) is 4.48. The Kier molecular flexibility index (Phi) is 3.53. The van der Waals surface area contributed by atoms with Crippen LogP contribution in [0.5, 0.6) is 5.75 Å². The number of nitrogens with two attached hydrogens (primary N) is 1. The molecule has 0 unspecified atom stereocenters. The van der Waals surface area contributed by atoms with E-state index < -0.39 is 0 Å². The van der Waals surface area contributed by atoms with E-state index in [1.807, 2.05) is 42.1 Å². The van der Waals surface area contributed by atoms with Crippen LogP contribution < -0.4 is 20.3 Å². The molecule has 5 heteroatoms. The van der Waals surface area contributed by atoms with Gasteiger partial charge in [-0.1, -0.05) is 0 Å². The first-order valence-corrected chi connectivity index (χ1v) is 7.52. The van der Waals surface area contributed by atoms with E-state index >= 15 is 0 Å². The number of hydrogen-bond acceptors (Lipinski definition) is 4. The van der Waals surface area contributed by atoms with Gasteiger partial charge in [0.2, 0.25) is 5.91 Å². The van der Waals surface area contributed by atoms with Crippen molar-refractivity contribution in [2.75, 3.05) is 37.0 Å². The molecule has 0 spiro atoms. The summed E-state index contributed by atoms with van der Waals surface area (Å²) in [6, 6.07) is 5.96. The van der Waals surface area contributed by atoms with Crippen LogP contribution in [0.15, 0.2) is 18.2 Å². The van der Waals surface area contributed by atoms with Crippen molar-refractivity contribution in [3.63, 3.8) is 0 Å². The number of benzene rings is 1. The molecule has 1 amide bonds. The fourth-order valence-electron chi connectivity index (χ4n) is 2.95. The average Bonchev–Trinajstić information content (AvgIpc) is 2.44. The van der Waals surface area contributed by atoms with Gasteiger partial charge in [-0.3, -0.25) is 4.79 Å². The maximum Gasteiger partial charge on any atom is 0.229 e.